The zero-order valence-corrected chi connectivity index (χ0v) is 16.2. The van der Waals surface area contributed by atoms with Crippen LogP contribution in [0.3, 0.4) is 0 Å². The molecule has 4 rings (SSSR count). The van der Waals surface area contributed by atoms with E-state index < -0.39 is 11.2 Å². The van der Waals surface area contributed by atoms with E-state index in [4.69, 9.17) is 9.47 Å². The lowest BCUT2D eigenvalue weighted by Gasteiger charge is -2.39. The SMILES string of the molecule is C=C1C[C@@H]2[C@H](CC[C@H]3CO[C@H]4C[C@@](C)(O)C(=C)C[C@@H]34)CO[C@@H]2C[C@]1(C)O. The molecule has 8 atom stereocenters. The minimum absolute atomic E-state index is 0.178. The topological polar surface area (TPSA) is 58.9 Å². The van der Waals surface area contributed by atoms with E-state index in [1.807, 2.05) is 13.8 Å². The van der Waals surface area contributed by atoms with E-state index in [1.165, 1.54) is 0 Å². The van der Waals surface area contributed by atoms with Gasteiger partial charge in [0.15, 0.2) is 0 Å². The van der Waals surface area contributed by atoms with Crippen molar-refractivity contribution < 1.29 is 19.7 Å². The first-order valence-corrected chi connectivity index (χ1v) is 10.2. The summed E-state index contributed by atoms with van der Waals surface area (Å²) in [5.74, 6) is 2.12. The Labute approximate surface area is 157 Å². The van der Waals surface area contributed by atoms with Crippen molar-refractivity contribution in [3.63, 3.8) is 0 Å². The van der Waals surface area contributed by atoms with Crippen LogP contribution in [0.15, 0.2) is 24.3 Å². The van der Waals surface area contributed by atoms with Gasteiger partial charge in [-0.3, -0.25) is 0 Å². The molecular formula is C22H34O4. The number of aliphatic hydroxyl groups is 2. The molecule has 4 nitrogen and oxygen atoms in total. The molecule has 2 heterocycles. The molecule has 0 spiro atoms. The van der Waals surface area contributed by atoms with E-state index >= 15 is 0 Å². The molecular weight excluding hydrogens is 328 g/mol. The average molecular weight is 363 g/mol. The molecule has 0 unspecified atom stereocenters. The van der Waals surface area contributed by atoms with Gasteiger partial charge in [0.05, 0.1) is 36.6 Å². The highest BCUT2D eigenvalue weighted by atomic mass is 16.5. The third-order valence-electron chi connectivity index (χ3n) is 7.81. The summed E-state index contributed by atoms with van der Waals surface area (Å²) < 4.78 is 12.1. The van der Waals surface area contributed by atoms with Crippen molar-refractivity contribution in [2.24, 2.45) is 23.7 Å². The van der Waals surface area contributed by atoms with Crippen molar-refractivity contribution in [3.05, 3.63) is 24.3 Å². The highest BCUT2D eigenvalue weighted by molar-refractivity contribution is 5.19. The zero-order valence-electron chi connectivity index (χ0n) is 16.2. The molecule has 2 aliphatic heterocycles. The molecule has 4 aliphatic rings. The fraction of sp³-hybridized carbons (Fsp3) is 0.818. The quantitative estimate of drug-likeness (QED) is 0.757. The van der Waals surface area contributed by atoms with E-state index in [0.29, 0.717) is 36.5 Å². The second-order valence-electron chi connectivity index (χ2n) is 9.74. The summed E-state index contributed by atoms with van der Waals surface area (Å²) in [6, 6.07) is 0. The van der Waals surface area contributed by atoms with Gasteiger partial charge in [-0.05, 0) is 74.3 Å². The lowest BCUT2D eigenvalue weighted by molar-refractivity contribution is -0.0183. The molecule has 2 saturated heterocycles. The largest absolute Gasteiger partial charge is 0.386 e. The van der Waals surface area contributed by atoms with Crippen LogP contribution < -0.4 is 0 Å². The molecule has 4 heteroatoms. The van der Waals surface area contributed by atoms with Gasteiger partial charge in [0.1, 0.15) is 0 Å². The maximum Gasteiger partial charge on any atom is 0.0851 e. The van der Waals surface area contributed by atoms with Gasteiger partial charge in [-0.15, -0.1) is 0 Å². The molecule has 2 N–H and O–H groups in total. The molecule has 0 bridgehead atoms. The van der Waals surface area contributed by atoms with Gasteiger partial charge < -0.3 is 19.7 Å². The zero-order chi connectivity index (χ0) is 18.7. The highest BCUT2D eigenvalue weighted by Gasteiger charge is 2.49. The lowest BCUT2D eigenvalue weighted by atomic mass is 9.68. The summed E-state index contributed by atoms with van der Waals surface area (Å²) in [7, 11) is 0. The lowest BCUT2D eigenvalue weighted by Crippen LogP contribution is -2.41. The molecule has 0 aromatic carbocycles. The van der Waals surface area contributed by atoms with Crippen molar-refractivity contribution in [2.45, 2.75) is 75.8 Å². The van der Waals surface area contributed by atoms with E-state index in [9.17, 15) is 10.2 Å². The van der Waals surface area contributed by atoms with Crippen LogP contribution in [0, 0.1) is 23.7 Å². The van der Waals surface area contributed by atoms with E-state index in [0.717, 1.165) is 50.0 Å². The number of hydrogen-bond acceptors (Lipinski definition) is 4. The average Bonchev–Trinajstić information content (AvgIpc) is 3.09. The summed E-state index contributed by atoms with van der Waals surface area (Å²) >= 11 is 0. The number of rotatable bonds is 3. The number of ether oxygens (including phenoxy) is 2. The van der Waals surface area contributed by atoms with Crippen molar-refractivity contribution in [1.82, 2.24) is 0 Å². The fourth-order valence-electron chi connectivity index (χ4n) is 5.72. The maximum atomic E-state index is 10.5. The molecule has 0 radical (unpaired) electrons. The van der Waals surface area contributed by atoms with Crippen molar-refractivity contribution in [1.29, 1.82) is 0 Å². The van der Waals surface area contributed by atoms with E-state index in [2.05, 4.69) is 13.2 Å². The predicted octanol–water partition coefficient (Wildman–Crippen LogP) is 3.23. The molecule has 26 heavy (non-hydrogen) atoms. The van der Waals surface area contributed by atoms with Gasteiger partial charge in [0.2, 0.25) is 0 Å². The van der Waals surface area contributed by atoms with Crippen LogP contribution in [0.4, 0.5) is 0 Å². The standard InChI is InChI=1S/C22H34O4/c1-13-7-17-15(11-25-19(17)9-21(13,3)23)5-6-16-12-26-20-10-22(4,24)14(2)8-18(16)20/h15-20,23-24H,1-2,5-12H2,3-4H3/t15-,16+,17-,18+,19-,20+,21+,22-. The van der Waals surface area contributed by atoms with Gasteiger partial charge in [-0.1, -0.05) is 13.2 Å². The second kappa shape index (κ2) is 6.44. The van der Waals surface area contributed by atoms with E-state index in [1.54, 1.807) is 0 Å². The molecule has 0 amide bonds. The minimum Gasteiger partial charge on any atom is -0.386 e. The summed E-state index contributed by atoms with van der Waals surface area (Å²) in [4.78, 5) is 0. The molecule has 4 fully saturated rings. The highest BCUT2D eigenvalue weighted by Crippen LogP contribution is 2.48. The second-order valence-corrected chi connectivity index (χ2v) is 9.74. The first-order valence-electron chi connectivity index (χ1n) is 10.2. The molecule has 2 saturated carbocycles. The van der Waals surface area contributed by atoms with Crippen LogP contribution in [0.5, 0.6) is 0 Å². The summed E-state index contributed by atoms with van der Waals surface area (Å²) in [5.41, 5.74) is 0.373. The number of fused-ring (bicyclic) bond motifs is 2. The van der Waals surface area contributed by atoms with Crippen LogP contribution in [-0.2, 0) is 9.47 Å². The number of hydrogen-bond donors (Lipinski definition) is 2. The third-order valence-corrected chi connectivity index (χ3v) is 7.81. The molecule has 2 aliphatic carbocycles. The Morgan fingerprint density at radius 3 is 1.62 bits per heavy atom. The fourth-order valence-corrected chi connectivity index (χ4v) is 5.72. The minimum atomic E-state index is -0.776. The Kier molecular flexibility index (Phi) is 4.62. The van der Waals surface area contributed by atoms with Crippen molar-refractivity contribution in [3.8, 4) is 0 Å². The van der Waals surface area contributed by atoms with Crippen LogP contribution in [0.2, 0.25) is 0 Å². The van der Waals surface area contributed by atoms with Crippen molar-refractivity contribution >= 4 is 0 Å². The summed E-state index contributed by atoms with van der Waals surface area (Å²) in [5, 5.41) is 20.9. The monoisotopic (exact) mass is 362 g/mol. The first-order chi connectivity index (χ1) is 12.2. The summed E-state index contributed by atoms with van der Waals surface area (Å²) in [6.07, 6.45) is 5.78. The normalized spacial score (nSPS) is 51.4. The van der Waals surface area contributed by atoms with Crippen LogP contribution in [0.25, 0.3) is 0 Å². The van der Waals surface area contributed by atoms with Gasteiger partial charge in [-0.2, -0.15) is 0 Å². The Bertz CT molecular complexity index is 541. The van der Waals surface area contributed by atoms with Crippen molar-refractivity contribution in [2.75, 3.05) is 13.2 Å². The van der Waals surface area contributed by atoms with E-state index in [-0.39, 0.29) is 12.2 Å². The molecule has 146 valence electrons. The smallest absolute Gasteiger partial charge is 0.0851 e. The Morgan fingerprint density at radius 2 is 1.23 bits per heavy atom. The van der Waals surface area contributed by atoms with Gasteiger partial charge in [-0.25, -0.2) is 0 Å². The Balaban J connectivity index is 1.34. The Morgan fingerprint density at radius 1 is 0.846 bits per heavy atom. The van der Waals surface area contributed by atoms with Gasteiger partial charge in [0, 0.05) is 12.8 Å². The van der Waals surface area contributed by atoms with Gasteiger partial charge >= 0.3 is 0 Å². The van der Waals surface area contributed by atoms with Gasteiger partial charge in [0.25, 0.3) is 0 Å². The van der Waals surface area contributed by atoms with Crippen LogP contribution >= 0.6 is 0 Å². The predicted molar refractivity (Wildman–Crippen MR) is 101 cm³/mol. The first kappa shape index (κ1) is 18.7. The maximum absolute atomic E-state index is 10.5. The third kappa shape index (κ3) is 3.19. The summed E-state index contributed by atoms with van der Waals surface area (Å²) in [6.45, 7) is 13.6. The molecule has 0 aromatic rings. The Hall–Kier alpha value is -0.680. The van der Waals surface area contributed by atoms with Crippen LogP contribution in [0.1, 0.15) is 52.4 Å². The molecule has 0 aromatic heterocycles. The van der Waals surface area contributed by atoms with Crippen LogP contribution in [-0.4, -0.2) is 46.8 Å².